The zero-order chi connectivity index (χ0) is 14.9. The third-order valence-corrected chi connectivity index (χ3v) is 3.84. The van der Waals surface area contributed by atoms with Crippen LogP contribution in [0, 0.1) is 0 Å². The van der Waals surface area contributed by atoms with E-state index in [4.69, 9.17) is 10.8 Å². The average molecular weight is 276 g/mol. The van der Waals surface area contributed by atoms with E-state index in [-0.39, 0.29) is 18.9 Å². The van der Waals surface area contributed by atoms with Crippen LogP contribution < -0.4 is 5.73 Å². The van der Waals surface area contributed by atoms with E-state index in [0.717, 1.165) is 0 Å². The van der Waals surface area contributed by atoms with E-state index >= 15 is 0 Å². The lowest BCUT2D eigenvalue weighted by Gasteiger charge is -2.20. The van der Waals surface area contributed by atoms with Crippen LogP contribution >= 0.6 is 0 Å². The second-order valence-corrected chi connectivity index (χ2v) is 5.71. The third-order valence-electron chi connectivity index (χ3n) is 3.84. The molecule has 1 fully saturated rings. The number of carboxylic acid groups (broad SMARTS) is 1. The predicted octanol–water partition coefficient (Wildman–Crippen LogP) is 1.44. The highest BCUT2D eigenvalue weighted by molar-refractivity contribution is 5.95. The van der Waals surface area contributed by atoms with Crippen LogP contribution in [0.3, 0.4) is 0 Å². The number of nitrogens with zero attached hydrogens (tertiary/aromatic N) is 1. The summed E-state index contributed by atoms with van der Waals surface area (Å²) in [5, 5.41) is 9.08. The van der Waals surface area contributed by atoms with Gasteiger partial charge in [-0.15, -0.1) is 0 Å². The molecule has 1 aliphatic heterocycles. The van der Waals surface area contributed by atoms with Crippen molar-refractivity contribution in [2.24, 2.45) is 5.73 Å². The van der Waals surface area contributed by atoms with Crippen LogP contribution in [-0.4, -0.2) is 40.5 Å². The molecule has 0 aliphatic carbocycles. The normalized spacial score (nSPS) is 22.3. The Bertz CT molecular complexity index is 524. The van der Waals surface area contributed by atoms with Gasteiger partial charge in [-0.25, -0.2) is 0 Å². The lowest BCUT2D eigenvalue weighted by Crippen LogP contribution is -2.50. The Balaban J connectivity index is 2.11. The maximum Gasteiger partial charge on any atom is 0.325 e. The molecule has 1 aromatic rings. The highest BCUT2D eigenvalue weighted by Gasteiger charge is 2.43. The number of amides is 1. The number of nitrogens with two attached hydrogens (primary N) is 1. The highest BCUT2D eigenvalue weighted by Crippen LogP contribution is 2.22. The van der Waals surface area contributed by atoms with Crippen LogP contribution in [-0.2, 0) is 4.79 Å². The zero-order valence-corrected chi connectivity index (χ0v) is 11.8. The molecule has 0 saturated carbocycles. The van der Waals surface area contributed by atoms with Crippen molar-refractivity contribution in [3.8, 4) is 0 Å². The Hall–Kier alpha value is -1.88. The summed E-state index contributed by atoms with van der Waals surface area (Å²) in [4.78, 5) is 24.9. The predicted molar refractivity (Wildman–Crippen MR) is 75.6 cm³/mol. The van der Waals surface area contributed by atoms with Gasteiger partial charge in [-0.3, -0.25) is 9.59 Å². The first-order valence-electron chi connectivity index (χ1n) is 6.75. The fraction of sp³-hybridized carbons (Fsp3) is 0.467. The van der Waals surface area contributed by atoms with E-state index in [1.165, 1.54) is 10.5 Å². The van der Waals surface area contributed by atoms with Crippen molar-refractivity contribution in [1.82, 2.24) is 4.90 Å². The number of carbonyl (C=O) groups is 2. The van der Waals surface area contributed by atoms with Crippen LogP contribution in [0.1, 0.15) is 42.1 Å². The van der Waals surface area contributed by atoms with E-state index < -0.39 is 11.5 Å². The molecule has 0 aromatic heterocycles. The third kappa shape index (κ3) is 2.67. The Morgan fingerprint density at radius 2 is 1.90 bits per heavy atom. The number of hydrogen-bond donors (Lipinski definition) is 2. The van der Waals surface area contributed by atoms with Crippen molar-refractivity contribution in [3.05, 3.63) is 35.4 Å². The highest BCUT2D eigenvalue weighted by atomic mass is 16.4. The maximum absolute atomic E-state index is 12.3. The van der Waals surface area contributed by atoms with Crippen molar-refractivity contribution in [2.45, 2.75) is 31.7 Å². The molecular formula is C15H20N2O3. The minimum absolute atomic E-state index is 0.0626. The lowest BCUT2D eigenvalue weighted by molar-refractivity contribution is -0.142. The molecule has 1 heterocycles. The van der Waals surface area contributed by atoms with Crippen LogP contribution in [0.15, 0.2) is 24.3 Å². The Morgan fingerprint density at radius 3 is 2.35 bits per heavy atom. The molecule has 1 unspecified atom stereocenters. The Kier molecular flexibility index (Phi) is 3.81. The number of likely N-dealkylation sites (tertiary alicyclic amines) is 1. The lowest BCUT2D eigenvalue weighted by atomic mass is 10.0. The molecule has 1 amide bonds. The monoisotopic (exact) mass is 276 g/mol. The van der Waals surface area contributed by atoms with E-state index in [1.54, 1.807) is 12.1 Å². The molecule has 0 spiro atoms. The van der Waals surface area contributed by atoms with Crippen LogP contribution in [0.4, 0.5) is 0 Å². The molecule has 1 aliphatic rings. The van der Waals surface area contributed by atoms with Gasteiger partial charge in [0, 0.05) is 18.7 Å². The second kappa shape index (κ2) is 5.25. The quantitative estimate of drug-likeness (QED) is 0.875. The molecule has 0 radical (unpaired) electrons. The summed E-state index contributed by atoms with van der Waals surface area (Å²) < 4.78 is 0. The summed E-state index contributed by atoms with van der Waals surface area (Å²) in [6.07, 6.45) is 0.290. The topological polar surface area (TPSA) is 83.6 Å². The number of hydrogen-bond acceptors (Lipinski definition) is 3. The van der Waals surface area contributed by atoms with Gasteiger partial charge in [0.15, 0.2) is 0 Å². The summed E-state index contributed by atoms with van der Waals surface area (Å²) in [5.74, 6) is -0.800. The first-order valence-corrected chi connectivity index (χ1v) is 6.75. The van der Waals surface area contributed by atoms with Crippen molar-refractivity contribution in [1.29, 1.82) is 0 Å². The van der Waals surface area contributed by atoms with Crippen LogP contribution in [0.25, 0.3) is 0 Å². The Labute approximate surface area is 118 Å². The Morgan fingerprint density at radius 1 is 1.30 bits per heavy atom. The number of benzene rings is 1. The molecule has 1 saturated heterocycles. The van der Waals surface area contributed by atoms with Gasteiger partial charge in [0.05, 0.1) is 0 Å². The molecule has 2 rings (SSSR count). The van der Waals surface area contributed by atoms with Crippen molar-refractivity contribution < 1.29 is 14.7 Å². The molecule has 108 valence electrons. The number of aliphatic carboxylic acids is 1. The fourth-order valence-electron chi connectivity index (χ4n) is 2.37. The second-order valence-electron chi connectivity index (χ2n) is 5.71. The maximum atomic E-state index is 12.3. The summed E-state index contributed by atoms with van der Waals surface area (Å²) in [5.41, 5.74) is 6.21. The van der Waals surface area contributed by atoms with Gasteiger partial charge in [-0.05, 0) is 30.0 Å². The standard InChI is InChI=1S/C15H20N2O3/c1-10(2)11-3-5-12(6-4-11)13(18)17-8-7-15(16,9-17)14(19)20/h3-6,10H,7-9,16H2,1-2H3,(H,19,20). The van der Waals surface area contributed by atoms with Crippen molar-refractivity contribution >= 4 is 11.9 Å². The van der Waals surface area contributed by atoms with Gasteiger partial charge in [0.1, 0.15) is 5.54 Å². The molecule has 5 heteroatoms. The van der Waals surface area contributed by atoms with E-state index in [2.05, 4.69) is 13.8 Å². The number of rotatable bonds is 3. The van der Waals surface area contributed by atoms with Gasteiger partial charge < -0.3 is 15.7 Å². The first kappa shape index (κ1) is 14.5. The van der Waals surface area contributed by atoms with E-state index in [9.17, 15) is 9.59 Å². The minimum Gasteiger partial charge on any atom is -0.480 e. The molecule has 0 bridgehead atoms. The average Bonchev–Trinajstić information content (AvgIpc) is 2.82. The summed E-state index contributed by atoms with van der Waals surface area (Å²) in [6.45, 7) is 4.63. The molecule has 20 heavy (non-hydrogen) atoms. The van der Waals surface area contributed by atoms with Gasteiger partial charge >= 0.3 is 5.97 Å². The van der Waals surface area contributed by atoms with Crippen LogP contribution in [0.2, 0.25) is 0 Å². The van der Waals surface area contributed by atoms with Gasteiger partial charge in [0.2, 0.25) is 0 Å². The molecule has 5 nitrogen and oxygen atoms in total. The van der Waals surface area contributed by atoms with Crippen LogP contribution in [0.5, 0.6) is 0 Å². The van der Waals surface area contributed by atoms with E-state index in [0.29, 0.717) is 18.0 Å². The smallest absolute Gasteiger partial charge is 0.325 e. The van der Waals surface area contributed by atoms with Crippen molar-refractivity contribution in [3.63, 3.8) is 0 Å². The van der Waals surface area contributed by atoms with Gasteiger partial charge in [-0.2, -0.15) is 0 Å². The first-order chi connectivity index (χ1) is 9.33. The molecule has 3 N–H and O–H groups in total. The summed E-state index contributed by atoms with van der Waals surface area (Å²) >= 11 is 0. The van der Waals surface area contributed by atoms with Crippen molar-refractivity contribution in [2.75, 3.05) is 13.1 Å². The number of carbonyl (C=O) groups excluding carboxylic acids is 1. The molecule has 1 aromatic carbocycles. The largest absolute Gasteiger partial charge is 0.480 e. The molecular weight excluding hydrogens is 256 g/mol. The fourth-order valence-corrected chi connectivity index (χ4v) is 2.37. The SMILES string of the molecule is CC(C)c1ccc(C(=O)N2CCC(N)(C(=O)O)C2)cc1. The number of carboxylic acids is 1. The summed E-state index contributed by atoms with van der Waals surface area (Å²) in [7, 11) is 0. The van der Waals surface area contributed by atoms with Gasteiger partial charge in [0.25, 0.3) is 5.91 Å². The molecule has 1 atom stereocenters. The zero-order valence-electron chi connectivity index (χ0n) is 11.8. The minimum atomic E-state index is -1.31. The van der Waals surface area contributed by atoms with E-state index in [1.807, 2.05) is 12.1 Å². The van der Waals surface area contributed by atoms with Gasteiger partial charge in [-0.1, -0.05) is 26.0 Å². The summed E-state index contributed by atoms with van der Waals surface area (Å²) in [6, 6.07) is 7.44.